The fourth-order valence-corrected chi connectivity index (χ4v) is 1.64. The molecule has 0 saturated carbocycles. The van der Waals surface area contributed by atoms with Gasteiger partial charge in [0.2, 0.25) is 5.88 Å². The number of hydrogen-bond donors (Lipinski definition) is 1. The van der Waals surface area contributed by atoms with Crippen LogP contribution in [0.2, 0.25) is 5.02 Å². The molecule has 94 valence electrons. The molecule has 0 radical (unpaired) electrons. The van der Waals surface area contributed by atoms with Crippen molar-refractivity contribution in [3.63, 3.8) is 0 Å². The minimum absolute atomic E-state index is 0.0249. The second-order valence-electron chi connectivity index (χ2n) is 3.73. The van der Waals surface area contributed by atoms with E-state index in [1.54, 1.807) is 25.1 Å². The Balaban J connectivity index is 2.37. The van der Waals surface area contributed by atoms with Crippen molar-refractivity contribution in [2.75, 3.05) is 0 Å². The monoisotopic (exact) mass is 267 g/mol. The second-order valence-corrected chi connectivity index (χ2v) is 4.13. The Morgan fingerprint density at radius 2 is 2.11 bits per heavy atom. The molecule has 1 atom stereocenters. The number of benzene rings is 1. The molecule has 1 unspecified atom stereocenters. The molecule has 1 aromatic heterocycles. The molecule has 0 saturated heterocycles. The van der Waals surface area contributed by atoms with Crippen molar-refractivity contribution in [2.45, 2.75) is 13.0 Å². The van der Waals surface area contributed by atoms with Crippen molar-refractivity contribution >= 4 is 11.6 Å². The molecule has 2 rings (SSSR count). The molecule has 18 heavy (non-hydrogen) atoms. The van der Waals surface area contributed by atoms with Gasteiger partial charge in [0.25, 0.3) is 0 Å². The van der Waals surface area contributed by atoms with Crippen LogP contribution in [0.4, 0.5) is 4.39 Å². The third-order valence-electron chi connectivity index (χ3n) is 2.37. The number of nitrogens with zero attached hydrogens (tertiary/aromatic N) is 1. The summed E-state index contributed by atoms with van der Waals surface area (Å²) in [7, 11) is 0. The fourth-order valence-electron chi connectivity index (χ4n) is 1.47. The first-order chi connectivity index (χ1) is 8.59. The molecule has 2 aromatic rings. The molecule has 0 bridgehead atoms. The van der Waals surface area contributed by atoms with E-state index in [9.17, 15) is 9.50 Å². The average molecular weight is 268 g/mol. The van der Waals surface area contributed by atoms with Crippen LogP contribution in [0, 0.1) is 5.82 Å². The summed E-state index contributed by atoms with van der Waals surface area (Å²) >= 11 is 5.66. The number of hydrogen-bond acceptors (Lipinski definition) is 3. The van der Waals surface area contributed by atoms with E-state index in [2.05, 4.69) is 4.98 Å². The van der Waals surface area contributed by atoms with Crippen molar-refractivity contribution in [2.24, 2.45) is 0 Å². The van der Waals surface area contributed by atoms with Crippen LogP contribution in [0.15, 0.2) is 36.5 Å². The van der Waals surface area contributed by atoms with Crippen LogP contribution < -0.4 is 4.74 Å². The fraction of sp³-hybridized carbons (Fsp3) is 0.154. The first-order valence-electron chi connectivity index (χ1n) is 5.34. The Kier molecular flexibility index (Phi) is 3.79. The summed E-state index contributed by atoms with van der Waals surface area (Å²) in [4.78, 5) is 3.97. The molecule has 1 heterocycles. The number of rotatable bonds is 3. The van der Waals surface area contributed by atoms with Gasteiger partial charge in [-0.3, -0.25) is 0 Å². The zero-order valence-corrected chi connectivity index (χ0v) is 10.4. The van der Waals surface area contributed by atoms with Crippen molar-refractivity contribution in [1.29, 1.82) is 0 Å². The molecule has 5 heteroatoms. The molecule has 0 aliphatic heterocycles. The van der Waals surface area contributed by atoms with E-state index in [1.165, 1.54) is 18.3 Å². The lowest BCUT2D eigenvalue weighted by atomic mass is 10.2. The van der Waals surface area contributed by atoms with Crippen LogP contribution in [0.5, 0.6) is 11.6 Å². The van der Waals surface area contributed by atoms with E-state index in [-0.39, 0.29) is 16.7 Å². The highest BCUT2D eigenvalue weighted by molar-refractivity contribution is 6.30. The first kappa shape index (κ1) is 12.8. The van der Waals surface area contributed by atoms with E-state index in [1.807, 2.05) is 0 Å². The topological polar surface area (TPSA) is 42.4 Å². The van der Waals surface area contributed by atoms with Gasteiger partial charge in [0.15, 0.2) is 11.6 Å². The van der Waals surface area contributed by atoms with Gasteiger partial charge in [0.05, 0.1) is 11.1 Å². The molecule has 0 aliphatic rings. The predicted molar refractivity (Wildman–Crippen MR) is 66.4 cm³/mol. The van der Waals surface area contributed by atoms with Crippen LogP contribution in [-0.2, 0) is 0 Å². The molecule has 1 aromatic carbocycles. The van der Waals surface area contributed by atoms with Crippen LogP contribution in [-0.4, -0.2) is 10.1 Å². The molecular formula is C13H11ClFNO2. The Morgan fingerprint density at radius 1 is 1.33 bits per heavy atom. The van der Waals surface area contributed by atoms with Gasteiger partial charge in [-0.2, -0.15) is 0 Å². The number of aliphatic hydroxyl groups is 1. The minimum Gasteiger partial charge on any atom is -0.435 e. The van der Waals surface area contributed by atoms with E-state index >= 15 is 0 Å². The van der Waals surface area contributed by atoms with Crippen molar-refractivity contribution in [3.8, 4) is 11.6 Å². The van der Waals surface area contributed by atoms with Gasteiger partial charge >= 0.3 is 0 Å². The molecule has 0 spiro atoms. The maximum atomic E-state index is 13.7. The quantitative estimate of drug-likeness (QED) is 0.922. The maximum absolute atomic E-state index is 13.7. The number of ether oxygens (including phenoxy) is 1. The van der Waals surface area contributed by atoms with Crippen LogP contribution in [0.1, 0.15) is 18.6 Å². The van der Waals surface area contributed by atoms with E-state index < -0.39 is 11.9 Å². The standard InChI is InChI=1S/C13H11ClFNO2/c1-8(17)9-4-3-7-16-13(9)18-11-6-2-5-10(14)12(11)15/h2-8,17H,1H3. The van der Waals surface area contributed by atoms with Crippen LogP contribution in [0.3, 0.4) is 0 Å². The number of aliphatic hydroxyl groups excluding tert-OH is 1. The van der Waals surface area contributed by atoms with Gasteiger partial charge in [-0.1, -0.05) is 17.7 Å². The Bertz CT molecular complexity index is 560. The highest BCUT2D eigenvalue weighted by Crippen LogP contribution is 2.31. The Morgan fingerprint density at radius 3 is 2.83 bits per heavy atom. The molecule has 3 nitrogen and oxygen atoms in total. The Labute approximate surface area is 109 Å². The van der Waals surface area contributed by atoms with Gasteiger partial charge in [0, 0.05) is 11.8 Å². The average Bonchev–Trinajstić information content (AvgIpc) is 2.35. The predicted octanol–water partition coefficient (Wildman–Crippen LogP) is 3.72. The minimum atomic E-state index is -0.754. The van der Waals surface area contributed by atoms with Gasteiger partial charge in [0.1, 0.15) is 0 Å². The van der Waals surface area contributed by atoms with Crippen LogP contribution >= 0.6 is 11.6 Å². The summed E-state index contributed by atoms with van der Waals surface area (Å²) in [6.45, 7) is 1.58. The lowest BCUT2D eigenvalue weighted by molar-refractivity contribution is 0.194. The zero-order chi connectivity index (χ0) is 13.1. The zero-order valence-electron chi connectivity index (χ0n) is 9.60. The third kappa shape index (κ3) is 2.60. The molecule has 0 amide bonds. The van der Waals surface area contributed by atoms with E-state index in [0.29, 0.717) is 5.56 Å². The SMILES string of the molecule is CC(O)c1cccnc1Oc1cccc(Cl)c1F. The highest BCUT2D eigenvalue weighted by Gasteiger charge is 2.14. The highest BCUT2D eigenvalue weighted by atomic mass is 35.5. The smallest absolute Gasteiger partial charge is 0.225 e. The number of pyridine rings is 1. The second kappa shape index (κ2) is 5.33. The molecule has 0 fully saturated rings. The lowest BCUT2D eigenvalue weighted by Crippen LogP contribution is -1.99. The van der Waals surface area contributed by atoms with Crippen LogP contribution in [0.25, 0.3) is 0 Å². The third-order valence-corrected chi connectivity index (χ3v) is 2.67. The normalized spacial score (nSPS) is 12.2. The summed E-state index contributed by atoms with van der Waals surface area (Å²) in [6, 6.07) is 7.78. The summed E-state index contributed by atoms with van der Waals surface area (Å²) < 4.78 is 19.0. The summed E-state index contributed by atoms with van der Waals surface area (Å²) in [5.74, 6) is -0.516. The summed E-state index contributed by atoms with van der Waals surface area (Å²) in [5.41, 5.74) is 0.483. The van der Waals surface area contributed by atoms with Gasteiger partial charge < -0.3 is 9.84 Å². The largest absolute Gasteiger partial charge is 0.435 e. The summed E-state index contributed by atoms with van der Waals surface area (Å²) in [5, 5.41) is 9.54. The van der Waals surface area contributed by atoms with Crippen molar-refractivity contribution in [1.82, 2.24) is 4.98 Å². The lowest BCUT2D eigenvalue weighted by Gasteiger charge is -2.12. The molecule has 1 N–H and O–H groups in total. The van der Waals surface area contributed by atoms with Gasteiger partial charge in [-0.05, 0) is 31.2 Å². The van der Waals surface area contributed by atoms with E-state index in [4.69, 9.17) is 16.3 Å². The Hall–Kier alpha value is -1.65. The van der Waals surface area contributed by atoms with Gasteiger partial charge in [-0.15, -0.1) is 0 Å². The number of aromatic nitrogens is 1. The summed E-state index contributed by atoms with van der Waals surface area (Å²) in [6.07, 6.45) is 0.750. The van der Waals surface area contributed by atoms with Gasteiger partial charge in [-0.25, -0.2) is 9.37 Å². The van der Waals surface area contributed by atoms with E-state index in [0.717, 1.165) is 0 Å². The van der Waals surface area contributed by atoms with Crippen molar-refractivity contribution < 1.29 is 14.2 Å². The maximum Gasteiger partial charge on any atom is 0.225 e. The molecule has 0 aliphatic carbocycles. The number of halogens is 2. The van der Waals surface area contributed by atoms with Crippen molar-refractivity contribution in [3.05, 3.63) is 52.9 Å². The first-order valence-corrected chi connectivity index (χ1v) is 5.72. The molecular weight excluding hydrogens is 257 g/mol.